The minimum Gasteiger partial charge on any atom is -0.494 e. The molecule has 0 fully saturated rings. The van der Waals surface area contributed by atoms with Crippen LogP contribution in [0.1, 0.15) is 51.6 Å². The van der Waals surface area contributed by atoms with Crippen LogP contribution in [0.5, 0.6) is 5.75 Å². The first kappa shape index (κ1) is 30.5. The van der Waals surface area contributed by atoms with Crippen molar-refractivity contribution < 1.29 is 4.74 Å². The average Bonchev–Trinajstić information content (AvgIpc) is 3.19. The molecule has 0 radical (unpaired) electrons. The van der Waals surface area contributed by atoms with Gasteiger partial charge in [-0.25, -0.2) is 4.98 Å². The smallest absolute Gasteiger partial charge is 0.137 e. The first-order valence-corrected chi connectivity index (χ1v) is 11.1. The summed E-state index contributed by atoms with van der Waals surface area (Å²) in [6.07, 6.45) is 8.26. The molecule has 4 nitrogen and oxygen atoms in total. The van der Waals surface area contributed by atoms with Gasteiger partial charge >= 0.3 is 0 Å². The first-order valence-electron chi connectivity index (χ1n) is 11.1. The van der Waals surface area contributed by atoms with Crippen molar-refractivity contribution >= 4 is 42.9 Å². The van der Waals surface area contributed by atoms with Crippen molar-refractivity contribution in [1.29, 1.82) is 0 Å². The van der Waals surface area contributed by atoms with Gasteiger partial charge in [0.25, 0.3) is 0 Å². The Hall–Kier alpha value is -1.46. The molecule has 1 aromatic carbocycles. The highest BCUT2D eigenvalue weighted by atomic mass is 35.5. The molecule has 0 saturated carbocycles. The fraction of sp³-hybridized carbons (Fsp3) is 0.480. The molecule has 32 heavy (non-hydrogen) atoms. The maximum Gasteiger partial charge on any atom is 0.137 e. The molecule has 0 aliphatic carbocycles. The number of benzene rings is 1. The number of nitrogens with zero attached hydrogens (tertiary/aromatic N) is 3. The second-order valence-electron chi connectivity index (χ2n) is 7.80. The van der Waals surface area contributed by atoms with Gasteiger partial charge in [0, 0.05) is 24.0 Å². The lowest BCUT2D eigenvalue weighted by molar-refractivity contribution is 0.229. The quantitative estimate of drug-likeness (QED) is 0.244. The average molecular weight is 503 g/mol. The van der Waals surface area contributed by atoms with E-state index < -0.39 is 0 Å². The number of fused-ring (bicyclic) bond motifs is 1. The van der Waals surface area contributed by atoms with Crippen LogP contribution in [0, 0.1) is 6.92 Å². The minimum absolute atomic E-state index is 0. The first-order chi connectivity index (χ1) is 14.2. The van der Waals surface area contributed by atoms with E-state index in [-0.39, 0.29) is 37.2 Å². The maximum atomic E-state index is 5.98. The van der Waals surface area contributed by atoms with Crippen molar-refractivity contribution in [1.82, 2.24) is 14.3 Å². The SMILES string of the molecule is CCCCN(CCCC)CCCOc1ccc(-c2cn3c(C)cccc3n2)cc1.Cl.Cl.Cl. The zero-order valence-corrected chi connectivity index (χ0v) is 21.9. The number of rotatable bonds is 12. The topological polar surface area (TPSA) is 29.8 Å². The molecule has 0 atom stereocenters. The lowest BCUT2D eigenvalue weighted by Gasteiger charge is -2.21. The van der Waals surface area contributed by atoms with E-state index in [4.69, 9.17) is 9.72 Å². The molecule has 0 spiro atoms. The summed E-state index contributed by atoms with van der Waals surface area (Å²) in [5.74, 6) is 0.933. The summed E-state index contributed by atoms with van der Waals surface area (Å²) in [5, 5.41) is 0. The highest BCUT2D eigenvalue weighted by Gasteiger charge is 2.07. The van der Waals surface area contributed by atoms with E-state index in [1.165, 1.54) is 44.5 Å². The lowest BCUT2D eigenvalue weighted by atomic mass is 10.1. The normalized spacial score (nSPS) is 10.4. The van der Waals surface area contributed by atoms with Gasteiger partial charge in [-0.05, 0) is 75.7 Å². The molecule has 2 heterocycles. The third-order valence-corrected chi connectivity index (χ3v) is 5.39. The maximum absolute atomic E-state index is 5.98. The van der Waals surface area contributed by atoms with Crippen LogP contribution in [0.3, 0.4) is 0 Å². The highest BCUT2D eigenvalue weighted by molar-refractivity contribution is 5.86. The van der Waals surface area contributed by atoms with E-state index in [1.807, 2.05) is 12.1 Å². The number of hydrogen-bond donors (Lipinski definition) is 0. The predicted molar refractivity (Wildman–Crippen MR) is 143 cm³/mol. The summed E-state index contributed by atoms with van der Waals surface area (Å²) >= 11 is 0. The largest absolute Gasteiger partial charge is 0.494 e. The minimum atomic E-state index is 0. The van der Waals surface area contributed by atoms with Gasteiger partial charge < -0.3 is 14.0 Å². The van der Waals surface area contributed by atoms with Gasteiger partial charge in [0.2, 0.25) is 0 Å². The predicted octanol–water partition coefficient (Wildman–Crippen LogP) is 7.25. The summed E-state index contributed by atoms with van der Waals surface area (Å²) in [5.41, 5.74) is 4.28. The van der Waals surface area contributed by atoms with Crippen molar-refractivity contribution in [2.24, 2.45) is 0 Å². The monoisotopic (exact) mass is 501 g/mol. The fourth-order valence-electron chi connectivity index (χ4n) is 3.59. The zero-order chi connectivity index (χ0) is 20.5. The van der Waals surface area contributed by atoms with Gasteiger partial charge in [0.1, 0.15) is 11.4 Å². The highest BCUT2D eigenvalue weighted by Crippen LogP contribution is 2.23. The molecule has 0 N–H and O–H groups in total. The van der Waals surface area contributed by atoms with Crippen LogP contribution in [0.15, 0.2) is 48.7 Å². The second-order valence-corrected chi connectivity index (χ2v) is 7.80. The Kier molecular flexibility index (Phi) is 15.5. The standard InChI is InChI=1S/C25H35N3O.3ClH/c1-4-6-16-27(17-7-5-2)18-9-19-29-23-14-12-22(13-15-23)24-20-28-21(3)10-8-11-25(28)26-24;;;/h8,10-15,20H,4-7,9,16-19H2,1-3H3;3*1H. The lowest BCUT2D eigenvalue weighted by Crippen LogP contribution is -2.28. The summed E-state index contributed by atoms with van der Waals surface area (Å²) in [7, 11) is 0. The Morgan fingerprint density at radius 1 is 0.844 bits per heavy atom. The number of aromatic nitrogens is 2. The van der Waals surface area contributed by atoms with Gasteiger partial charge in [0.05, 0.1) is 12.3 Å². The Labute approximate surface area is 212 Å². The molecular weight excluding hydrogens is 465 g/mol. The zero-order valence-electron chi connectivity index (χ0n) is 19.5. The molecule has 3 aromatic rings. The summed E-state index contributed by atoms with van der Waals surface area (Å²) in [6, 6.07) is 14.5. The molecule has 0 bridgehead atoms. The molecule has 180 valence electrons. The van der Waals surface area contributed by atoms with Crippen molar-refractivity contribution in [3.8, 4) is 17.0 Å². The van der Waals surface area contributed by atoms with Crippen LogP contribution in [0.2, 0.25) is 0 Å². The number of imidazole rings is 1. The molecule has 7 heteroatoms. The Morgan fingerprint density at radius 2 is 1.47 bits per heavy atom. The molecular formula is C25H38Cl3N3O. The van der Waals surface area contributed by atoms with E-state index in [0.29, 0.717) is 0 Å². The van der Waals surface area contributed by atoms with Crippen LogP contribution >= 0.6 is 37.2 Å². The van der Waals surface area contributed by atoms with Crippen molar-refractivity contribution in [3.63, 3.8) is 0 Å². The summed E-state index contributed by atoms with van der Waals surface area (Å²) < 4.78 is 8.11. The number of aryl methyl sites for hydroxylation is 1. The third-order valence-electron chi connectivity index (χ3n) is 5.39. The number of pyridine rings is 1. The molecule has 0 aliphatic heterocycles. The Morgan fingerprint density at radius 3 is 2.06 bits per heavy atom. The van der Waals surface area contributed by atoms with Crippen molar-refractivity contribution in [3.05, 3.63) is 54.4 Å². The summed E-state index contributed by atoms with van der Waals surface area (Å²) in [6.45, 7) is 10.9. The molecule has 0 saturated heterocycles. The van der Waals surface area contributed by atoms with Gasteiger partial charge in [-0.1, -0.05) is 32.8 Å². The van der Waals surface area contributed by atoms with Crippen LogP contribution in [0.25, 0.3) is 16.9 Å². The van der Waals surface area contributed by atoms with Gasteiger partial charge in [-0.2, -0.15) is 0 Å². The Bertz CT molecular complexity index is 876. The van der Waals surface area contributed by atoms with E-state index >= 15 is 0 Å². The molecule has 3 rings (SSSR count). The molecule has 0 unspecified atom stereocenters. The number of halogens is 3. The van der Waals surface area contributed by atoms with E-state index in [1.54, 1.807) is 0 Å². The van der Waals surface area contributed by atoms with Crippen molar-refractivity contribution in [2.45, 2.75) is 52.9 Å². The number of ether oxygens (including phenoxy) is 1. The van der Waals surface area contributed by atoms with Crippen molar-refractivity contribution in [2.75, 3.05) is 26.2 Å². The van der Waals surface area contributed by atoms with E-state index in [0.717, 1.165) is 42.2 Å². The van der Waals surface area contributed by atoms with Gasteiger partial charge in [-0.3, -0.25) is 0 Å². The molecule has 0 amide bonds. The van der Waals surface area contributed by atoms with E-state index in [9.17, 15) is 0 Å². The van der Waals surface area contributed by atoms with Crippen LogP contribution < -0.4 is 4.74 Å². The summed E-state index contributed by atoms with van der Waals surface area (Å²) in [4.78, 5) is 7.32. The van der Waals surface area contributed by atoms with Crippen LogP contribution in [-0.2, 0) is 0 Å². The van der Waals surface area contributed by atoms with Crippen LogP contribution in [-0.4, -0.2) is 40.5 Å². The number of hydrogen-bond acceptors (Lipinski definition) is 3. The third kappa shape index (κ3) is 8.82. The second kappa shape index (κ2) is 16.2. The number of unbranched alkanes of at least 4 members (excludes halogenated alkanes) is 2. The van der Waals surface area contributed by atoms with Crippen LogP contribution in [0.4, 0.5) is 0 Å². The van der Waals surface area contributed by atoms with Gasteiger partial charge in [0.15, 0.2) is 0 Å². The fourth-order valence-corrected chi connectivity index (χ4v) is 3.59. The van der Waals surface area contributed by atoms with Gasteiger partial charge in [-0.15, -0.1) is 37.2 Å². The van der Waals surface area contributed by atoms with E-state index in [2.05, 4.69) is 66.6 Å². The molecule has 0 aliphatic rings. The molecule has 2 aromatic heterocycles. The Balaban J connectivity index is 0.00000320.